The Labute approximate surface area is 112 Å². The highest BCUT2D eigenvalue weighted by Gasteiger charge is 2.31. The van der Waals surface area contributed by atoms with Crippen molar-refractivity contribution in [3.63, 3.8) is 0 Å². The van der Waals surface area contributed by atoms with Gasteiger partial charge in [0.2, 0.25) is 5.91 Å². The molecule has 0 aromatic carbocycles. The third-order valence-electron chi connectivity index (χ3n) is 3.80. The molecule has 1 fully saturated rings. The van der Waals surface area contributed by atoms with Crippen LogP contribution in [0.3, 0.4) is 0 Å². The monoisotopic (exact) mass is 262 g/mol. The average molecular weight is 263 g/mol. The lowest BCUT2D eigenvalue weighted by atomic mass is 9.91. The number of hydrogen-bond acceptors (Lipinski definition) is 2. The highest BCUT2D eigenvalue weighted by Crippen LogP contribution is 2.24. The van der Waals surface area contributed by atoms with Crippen LogP contribution < -0.4 is 5.73 Å². The number of halogens is 1. The first kappa shape index (κ1) is 16.7. The summed E-state index contributed by atoms with van der Waals surface area (Å²) in [6.07, 6.45) is 4.80. The molecule has 2 N–H and O–H groups in total. The lowest BCUT2D eigenvalue weighted by Crippen LogP contribution is -2.45. The molecular weight excluding hydrogens is 236 g/mol. The number of rotatable bonds is 3. The van der Waals surface area contributed by atoms with Crippen LogP contribution in [0, 0.1) is 11.3 Å². The first-order valence-electron chi connectivity index (χ1n) is 6.50. The van der Waals surface area contributed by atoms with Crippen LogP contribution in [0.2, 0.25) is 0 Å². The van der Waals surface area contributed by atoms with E-state index in [0.717, 1.165) is 31.8 Å². The quantitative estimate of drug-likeness (QED) is 0.849. The Hall–Kier alpha value is -0.280. The highest BCUT2D eigenvalue weighted by atomic mass is 35.5. The van der Waals surface area contributed by atoms with Gasteiger partial charge in [-0.3, -0.25) is 4.79 Å². The van der Waals surface area contributed by atoms with E-state index in [1.54, 1.807) is 0 Å². The van der Waals surface area contributed by atoms with Crippen LogP contribution in [-0.4, -0.2) is 30.4 Å². The van der Waals surface area contributed by atoms with Crippen molar-refractivity contribution in [2.24, 2.45) is 17.1 Å². The van der Waals surface area contributed by atoms with E-state index in [2.05, 4.69) is 6.92 Å². The zero-order valence-electron chi connectivity index (χ0n) is 11.4. The molecule has 1 amide bonds. The Morgan fingerprint density at radius 1 is 1.35 bits per heavy atom. The Bertz CT molecular complexity index is 244. The molecule has 0 aromatic heterocycles. The summed E-state index contributed by atoms with van der Waals surface area (Å²) >= 11 is 0. The van der Waals surface area contributed by atoms with E-state index in [1.165, 1.54) is 12.8 Å². The SMILES string of the molecule is CCC1CCCN(C(=O)C(C)(C)CN)CC1.Cl. The summed E-state index contributed by atoms with van der Waals surface area (Å²) in [5.41, 5.74) is 5.26. The molecule has 3 nitrogen and oxygen atoms in total. The number of amides is 1. The molecule has 4 heteroatoms. The second-order valence-electron chi connectivity index (χ2n) is 5.59. The lowest BCUT2D eigenvalue weighted by Gasteiger charge is -2.30. The van der Waals surface area contributed by atoms with Crippen LogP contribution in [-0.2, 0) is 4.79 Å². The molecule has 102 valence electrons. The van der Waals surface area contributed by atoms with Gasteiger partial charge in [-0.2, -0.15) is 0 Å². The van der Waals surface area contributed by atoms with Crippen LogP contribution in [0.1, 0.15) is 46.5 Å². The number of carbonyl (C=O) groups is 1. The van der Waals surface area contributed by atoms with E-state index in [4.69, 9.17) is 5.73 Å². The first-order valence-corrected chi connectivity index (χ1v) is 6.50. The van der Waals surface area contributed by atoms with Gasteiger partial charge in [-0.05, 0) is 39.0 Å². The third-order valence-corrected chi connectivity index (χ3v) is 3.80. The average Bonchev–Trinajstić information content (AvgIpc) is 2.52. The Balaban J connectivity index is 0.00000256. The number of hydrogen-bond donors (Lipinski definition) is 1. The molecule has 0 radical (unpaired) electrons. The minimum absolute atomic E-state index is 0. The molecule has 0 aromatic rings. The number of carbonyl (C=O) groups excluding carboxylic acids is 1. The summed E-state index contributed by atoms with van der Waals surface area (Å²) in [5, 5.41) is 0. The van der Waals surface area contributed by atoms with E-state index in [0.29, 0.717) is 6.54 Å². The van der Waals surface area contributed by atoms with E-state index in [1.807, 2.05) is 18.7 Å². The van der Waals surface area contributed by atoms with Crippen LogP contribution in [0.15, 0.2) is 0 Å². The summed E-state index contributed by atoms with van der Waals surface area (Å²) in [7, 11) is 0. The highest BCUT2D eigenvalue weighted by molar-refractivity contribution is 5.85. The van der Waals surface area contributed by atoms with Gasteiger partial charge in [0.25, 0.3) is 0 Å². The summed E-state index contributed by atoms with van der Waals surface area (Å²) in [4.78, 5) is 14.3. The van der Waals surface area contributed by atoms with Crippen molar-refractivity contribution in [2.75, 3.05) is 19.6 Å². The van der Waals surface area contributed by atoms with Crippen LogP contribution >= 0.6 is 12.4 Å². The van der Waals surface area contributed by atoms with E-state index in [-0.39, 0.29) is 18.3 Å². The Morgan fingerprint density at radius 2 is 2.00 bits per heavy atom. The molecule has 1 unspecified atom stereocenters. The Kier molecular flexibility index (Phi) is 7.10. The van der Waals surface area contributed by atoms with Crippen LogP contribution in [0.5, 0.6) is 0 Å². The van der Waals surface area contributed by atoms with Crippen molar-refractivity contribution >= 4 is 18.3 Å². The van der Waals surface area contributed by atoms with Gasteiger partial charge in [-0.25, -0.2) is 0 Å². The smallest absolute Gasteiger partial charge is 0.229 e. The summed E-state index contributed by atoms with van der Waals surface area (Å²) < 4.78 is 0. The van der Waals surface area contributed by atoms with Gasteiger partial charge < -0.3 is 10.6 Å². The number of nitrogens with zero attached hydrogens (tertiary/aromatic N) is 1. The predicted molar refractivity (Wildman–Crippen MR) is 74.3 cm³/mol. The maximum atomic E-state index is 12.2. The van der Waals surface area contributed by atoms with Crippen LogP contribution in [0.25, 0.3) is 0 Å². The van der Waals surface area contributed by atoms with Crippen molar-refractivity contribution in [2.45, 2.75) is 46.5 Å². The minimum atomic E-state index is -0.397. The second-order valence-corrected chi connectivity index (χ2v) is 5.59. The maximum absolute atomic E-state index is 12.2. The summed E-state index contributed by atoms with van der Waals surface area (Å²) in [6.45, 7) is 8.39. The van der Waals surface area contributed by atoms with Gasteiger partial charge in [0.15, 0.2) is 0 Å². The zero-order valence-corrected chi connectivity index (χ0v) is 12.2. The fourth-order valence-electron chi connectivity index (χ4n) is 2.29. The van der Waals surface area contributed by atoms with Gasteiger partial charge in [0.05, 0.1) is 5.41 Å². The van der Waals surface area contributed by atoms with E-state index >= 15 is 0 Å². The maximum Gasteiger partial charge on any atom is 0.229 e. The standard InChI is InChI=1S/C13H26N2O.ClH/c1-4-11-6-5-8-15(9-7-11)12(16)13(2,3)10-14;/h11H,4-10,14H2,1-3H3;1H. The lowest BCUT2D eigenvalue weighted by molar-refractivity contribution is -0.139. The molecule has 1 aliphatic rings. The van der Waals surface area contributed by atoms with Crippen molar-refractivity contribution < 1.29 is 4.79 Å². The molecule has 17 heavy (non-hydrogen) atoms. The van der Waals surface area contributed by atoms with E-state index < -0.39 is 5.41 Å². The van der Waals surface area contributed by atoms with Crippen molar-refractivity contribution in [3.05, 3.63) is 0 Å². The Morgan fingerprint density at radius 3 is 2.53 bits per heavy atom. The molecule has 0 saturated carbocycles. The van der Waals surface area contributed by atoms with Gasteiger partial charge in [0, 0.05) is 19.6 Å². The van der Waals surface area contributed by atoms with E-state index in [9.17, 15) is 4.79 Å². The second kappa shape index (κ2) is 7.22. The topological polar surface area (TPSA) is 46.3 Å². The number of nitrogens with two attached hydrogens (primary N) is 1. The molecule has 1 rings (SSSR count). The van der Waals surface area contributed by atoms with Crippen molar-refractivity contribution in [3.8, 4) is 0 Å². The molecule has 1 saturated heterocycles. The van der Waals surface area contributed by atoms with Gasteiger partial charge in [0.1, 0.15) is 0 Å². The summed E-state index contributed by atoms with van der Waals surface area (Å²) in [6, 6.07) is 0. The normalized spacial score (nSPS) is 21.6. The van der Waals surface area contributed by atoms with Crippen molar-refractivity contribution in [1.29, 1.82) is 0 Å². The van der Waals surface area contributed by atoms with Crippen molar-refractivity contribution in [1.82, 2.24) is 4.90 Å². The molecule has 0 bridgehead atoms. The number of likely N-dealkylation sites (tertiary alicyclic amines) is 1. The molecular formula is C13H27ClN2O. The fraction of sp³-hybridized carbons (Fsp3) is 0.923. The largest absolute Gasteiger partial charge is 0.342 e. The van der Waals surface area contributed by atoms with Gasteiger partial charge in [-0.15, -0.1) is 12.4 Å². The zero-order chi connectivity index (χ0) is 12.2. The summed E-state index contributed by atoms with van der Waals surface area (Å²) in [5.74, 6) is 1.03. The van der Waals surface area contributed by atoms with Crippen LogP contribution in [0.4, 0.5) is 0 Å². The van der Waals surface area contributed by atoms with Gasteiger partial charge in [-0.1, -0.05) is 13.3 Å². The molecule has 1 atom stereocenters. The molecule has 0 spiro atoms. The van der Waals surface area contributed by atoms with Gasteiger partial charge >= 0.3 is 0 Å². The predicted octanol–water partition coefficient (Wildman–Crippen LogP) is 2.43. The first-order chi connectivity index (χ1) is 7.51. The molecule has 1 aliphatic heterocycles. The molecule has 1 heterocycles. The minimum Gasteiger partial charge on any atom is -0.342 e. The third kappa shape index (κ3) is 4.47. The fourth-order valence-corrected chi connectivity index (χ4v) is 2.29. The molecule has 0 aliphatic carbocycles.